The highest BCUT2D eigenvalue weighted by atomic mass is 32.2. The van der Waals surface area contributed by atoms with Gasteiger partial charge in [0.2, 0.25) is 0 Å². The Morgan fingerprint density at radius 2 is 1.80 bits per heavy atom. The molecular weight excluding hydrogens is 360 g/mol. The molecule has 2 fully saturated rings. The van der Waals surface area contributed by atoms with Crippen LogP contribution in [0, 0.1) is 0 Å². The molecule has 25 heavy (non-hydrogen) atoms. The largest absolute Gasteiger partial charge is 0.457 e. The zero-order valence-electron chi connectivity index (χ0n) is 14.6. The molecule has 2 aliphatic heterocycles. The van der Waals surface area contributed by atoms with Gasteiger partial charge < -0.3 is 23.7 Å². The number of ether oxygens (including phenoxy) is 5. The van der Waals surface area contributed by atoms with E-state index in [9.17, 15) is 18.0 Å². The van der Waals surface area contributed by atoms with E-state index in [-0.39, 0.29) is 0 Å². The molecule has 10 nitrogen and oxygen atoms in total. The van der Waals surface area contributed by atoms with Gasteiger partial charge in [0.15, 0.2) is 30.4 Å². The minimum Gasteiger partial charge on any atom is -0.457 e. The Kier molecular flexibility index (Phi) is 5.74. The molecule has 0 saturated carbocycles. The fourth-order valence-electron chi connectivity index (χ4n) is 2.73. The lowest BCUT2D eigenvalue weighted by Gasteiger charge is -2.29. The number of esters is 2. The van der Waals surface area contributed by atoms with Crippen LogP contribution in [0.4, 0.5) is 0 Å². The summed E-state index contributed by atoms with van der Waals surface area (Å²) < 4.78 is 54.5. The van der Waals surface area contributed by atoms with E-state index in [2.05, 4.69) is 0 Å². The Morgan fingerprint density at radius 3 is 2.32 bits per heavy atom. The Hall–Kier alpha value is -1.27. The maximum atomic E-state index is 11.4. The van der Waals surface area contributed by atoms with Gasteiger partial charge in [0.05, 0.1) is 6.26 Å². The molecule has 0 amide bonds. The highest BCUT2D eigenvalue weighted by molar-refractivity contribution is 7.85. The summed E-state index contributed by atoms with van der Waals surface area (Å²) in [5.41, 5.74) is 0. The zero-order valence-corrected chi connectivity index (χ0v) is 15.4. The third-order valence-corrected chi connectivity index (χ3v) is 4.02. The number of hydrogen-bond donors (Lipinski definition) is 0. The van der Waals surface area contributed by atoms with Crippen LogP contribution in [0.25, 0.3) is 0 Å². The van der Waals surface area contributed by atoms with E-state index in [1.165, 1.54) is 6.92 Å². The van der Waals surface area contributed by atoms with Gasteiger partial charge in [-0.2, -0.15) is 8.42 Å². The normalized spacial score (nSPS) is 32.0. The highest BCUT2D eigenvalue weighted by Gasteiger charge is 2.59. The van der Waals surface area contributed by atoms with Crippen molar-refractivity contribution in [3.8, 4) is 0 Å². The van der Waals surface area contributed by atoms with Crippen LogP contribution < -0.4 is 0 Å². The van der Waals surface area contributed by atoms with Gasteiger partial charge in [-0.05, 0) is 13.8 Å². The molecule has 0 aliphatic carbocycles. The molecule has 0 aromatic rings. The van der Waals surface area contributed by atoms with Crippen molar-refractivity contribution in [3.05, 3.63) is 0 Å². The summed E-state index contributed by atoms with van der Waals surface area (Å²) in [6.07, 6.45) is -3.86. The number of carbonyl (C=O) groups excluding carboxylic acids is 2. The second-order valence-corrected chi connectivity index (χ2v) is 7.92. The fourth-order valence-corrected chi connectivity index (χ4v) is 3.11. The summed E-state index contributed by atoms with van der Waals surface area (Å²) in [6, 6.07) is 0. The van der Waals surface area contributed by atoms with Gasteiger partial charge in [-0.25, -0.2) is 0 Å². The maximum absolute atomic E-state index is 11.4. The molecule has 11 heteroatoms. The molecule has 0 aromatic heterocycles. The summed E-state index contributed by atoms with van der Waals surface area (Å²) in [5.74, 6) is -2.22. The monoisotopic (exact) mass is 382 g/mol. The molecule has 0 aromatic carbocycles. The Bertz CT molecular complexity index is 628. The van der Waals surface area contributed by atoms with Gasteiger partial charge in [0.1, 0.15) is 12.7 Å². The van der Waals surface area contributed by atoms with Crippen molar-refractivity contribution in [2.45, 2.75) is 64.2 Å². The van der Waals surface area contributed by atoms with Gasteiger partial charge in [0.25, 0.3) is 10.1 Å². The van der Waals surface area contributed by atoms with E-state index in [0.29, 0.717) is 0 Å². The van der Waals surface area contributed by atoms with Crippen LogP contribution in [0.1, 0.15) is 27.7 Å². The summed E-state index contributed by atoms with van der Waals surface area (Å²) in [6.45, 7) is 5.21. The van der Waals surface area contributed by atoms with Crippen LogP contribution in [-0.2, 0) is 47.6 Å². The lowest BCUT2D eigenvalue weighted by Crippen LogP contribution is -2.47. The fraction of sp³-hybridized carbons (Fsp3) is 0.857. The van der Waals surface area contributed by atoms with Gasteiger partial charge in [-0.15, -0.1) is 0 Å². The first-order valence-electron chi connectivity index (χ1n) is 7.58. The van der Waals surface area contributed by atoms with E-state index in [1.807, 2.05) is 0 Å². The molecule has 2 aliphatic rings. The van der Waals surface area contributed by atoms with E-state index in [4.69, 9.17) is 27.9 Å². The van der Waals surface area contributed by atoms with Crippen LogP contribution in [0.15, 0.2) is 0 Å². The van der Waals surface area contributed by atoms with Crippen LogP contribution in [-0.4, -0.2) is 69.7 Å². The molecule has 0 radical (unpaired) electrons. The van der Waals surface area contributed by atoms with Crippen molar-refractivity contribution in [3.63, 3.8) is 0 Å². The molecule has 0 bridgehead atoms. The zero-order chi connectivity index (χ0) is 19.0. The first kappa shape index (κ1) is 20.0. The first-order chi connectivity index (χ1) is 11.4. The van der Waals surface area contributed by atoms with Crippen LogP contribution in [0.2, 0.25) is 0 Å². The van der Waals surface area contributed by atoms with E-state index >= 15 is 0 Å². The third kappa shape index (κ3) is 5.35. The van der Waals surface area contributed by atoms with Crippen molar-refractivity contribution < 1.29 is 45.9 Å². The quantitative estimate of drug-likeness (QED) is 0.447. The predicted molar refractivity (Wildman–Crippen MR) is 80.6 cm³/mol. The van der Waals surface area contributed by atoms with Crippen LogP contribution >= 0.6 is 0 Å². The van der Waals surface area contributed by atoms with Crippen LogP contribution in [0.3, 0.4) is 0 Å². The topological polar surface area (TPSA) is 124 Å². The molecule has 144 valence electrons. The summed E-state index contributed by atoms with van der Waals surface area (Å²) >= 11 is 0. The predicted octanol–water partition coefficient (Wildman–Crippen LogP) is -0.298. The molecule has 0 N–H and O–H groups in total. The Balaban J connectivity index is 2.22. The number of rotatable bonds is 6. The standard InChI is InChI=1S/C14H22O10S/c1-7(15)20-9(6-19-25(5,17)18)10-11(21-8(2)16)12-13(22-10)24-14(3,4)23-12/h9-13H,6H2,1-5H3/t9-,10-,11+,12-,13+/m1/s1. The third-order valence-electron chi connectivity index (χ3n) is 3.46. The summed E-state index contributed by atoms with van der Waals surface area (Å²) in [4.78, 5) is 22.8. The summed E-state index contributed by atoms with van der Waals surface area (Å²) in [7, 11) is -3.78. The van der Waals surface area contributed by atoms with E-state index < -0.39 is 65.2 Å². The molecule has 0 spiro atoms. The van der Waals surface area contributed by atoms with Gasteiger partial charge in [-0.3, -0.25) is 13.8 Å². The Morgan fingerprint density at radius 1 is 1.16 bits per heavy atom. The Labute approximate surface area is 145 Å². The first-order valence-corrected chi connectivity index (χ1v) is 9.39. The van der Waals surface area contributed by atoms with Gasteiger partial charge >= 0.3 is 11.9 Å². The smallest absolute Gasteiger partial charge is 0.303 e. The van der Waals surface area contributed by atoms with Crippen molar-refractivity contribution in [1.29, 1.82) is 0 Å². The van der Waals surface area contributed by atoms with E-state index in [0.717, 1.165) is 13.2 Å². The highest BCUT2D eigenvalue weighted by Crippen LogP contribution is 2.40. The lowest BCUT2D eigenvalue weighted by atomic mass is 10.1. The van der Waals surface area contributed by atoms with E-state index in [1.54, 1.807) is 13.8 Å². The van der Waals surface area contributed by atoms with Crippen molar-refractivity contribution in [1.82, 2.24) is 0 Å². The minimum absolute atomic E-state index is 0.496. The van der Waals surface area contributed by atoms with Crippen molar-refractivity contribution >= 4 is 22.1 Å². The lowest BCUT2D eigenvalue weighted by molar-refractivity contribution is -0.233. The average molecular weight is 382 g/mol. The number of fused-ring (bicyclic) bond motifs is 1. The molecule has 2 rings (SSSR count). The second-order valence-electron chi connectivity index (χ2n) is 6.28. The molecular formula is C14H22O10S. The molecule has 0 unspecified atom stereocenters. The van der Waals surface area contributed by atoms with Crippen LogP contribution in [0.5, 0.6) is 0 Å². The maximum Gasteiger partial charge on any atom is 0.303 e. The van der Waals surface area contributed by atoms with Crippen molar-refractivity contribution in [2.24, 2.45) is 0 Å². The minimum atomic E-state index is -3.78. The average Bonchev–Trinajstić information content (AvgIpc) is 2.86. The summed E-state index contributed by atoms with van der Waals surface area (Å²) in [5, 5.41) is 0. The van der Waals surface area contributed by atoms with Crippen molar-refractivity contribution in [2.75, 3.05) is 12.9 Å². The molecule has 5 atom stereocenters. The SMILES string of the molecule is CC(=O)O[C@@H]1[C@H]2OC(C)(C)O[C@@H]2O[C@@H]1[C@@H](COS(C)(=O)=O)OC(C)=O. The number of hydrogen-bond acceptors (Lipinski definition) is 10. The second kappa shape index (κ2) is 7.16. The molecule has 2 saturated heterocycles. The van der Waals surface area contributed by atoms with Gasteiger partial charge in [0, 0.05) is 13.8 Å². The molecule has 2 heterocycles. The number of carbonyl (C=O) groups is 2. The van der Waals surface area contributed by atoms with Gasteiger partial charge in [-0.1, -0.05) is 0 Å².